The van der Waals surface area contributed by atoms with Crippen LogP contribution in [0.1, 0.15) is 17.3 Å². The predicted octanol–water partition coefficient (Wildman–Crippen LogP) is 1.57. The molecule has 0 spiro atoms. The number of carbonyl (C=O) groups excluding carboxylic acids is 1. The number of carbonyl (C=O) groups is 1. The van der Waals surface area contributed by atoms with Gasteiger partial charge in [0.25, 0.3) is 5.91 Å². The predicted molar refractivity (Wildman–Crippen MR) is 70.8 cm³/mol. The number of hydrogen-bond donors (Lipinski definition) is 2. The van der Waals surface area contributed by atoms with Crippen molar-refractivity contribution >= 4 is 29.9 Å². The highest BCUT2D eigenvalue weighted by Gasteiger charge is 2.20. The highest BCUT2D eigenvalue weighted by molar-refractivity contribution is 6.32. The Morgan fingerprint density at radius 1 is 1.56 bits per heavy atom. The molecular formula is C11H14Cl2N2O3. The van der Waals surface area contributed by atoms with E-state index < -0.39 is 0 Å². The number of ether oxygens (including phenoxy) is 2. The minimum Gasteiger partial charge on any atom is -0.454 e. The van der Waals surface area contributed by atoms with E-state index >= 15 is 0 Å². The van der Waals surface area contributed by atoms with E-state index in [0.29, 0.717) is 28.6 Å². The second-order valence-corrected chi connectivity index (χ2v) is 4.21. The van der Waals surface area contributed by atoms with Crippen molar-refractivity contribution in [1.82, 2.24) is 5.32 Å². The first-order chi connectivity index (χ1) is 8.11. The molecule has 0 fully saturated rings. The topological polar surface area (TPSA) is 73.6 Å². The maximum Gasteiger partial charge on any atom is 0.251 e. The van der Waals surface area contributed by atoms with Gasteiger partial charge in [-0.1, -0.05) is 11.6 Å². The van der Waals surface area contributed by atoms with Crippen LogP contribution >= 0.6 is 24.0 Å². The molecule has 7 heteroatoms. The Hall–Kier alpha value is -1.17. The summed E-state index contributed by atoms with van der Waals surface area (Å²) in [5, 5.41) is 3.11. The lowest BCUT2D eigenvalue weighted by molar-refractivity contribution is 0.0941. The highest BCUT2D eigenvalue weighted by Crippen LogP contribution is 2.39. The van der Waals surface area contributed by atoms with E-state index in [1.165, 1.54) is 0 Å². The molecule has 1 aromatic rings. The molecule has 1 atom stereocenters. The van der Waals surface area contributed by atoms with E-state index in [-0.39, 0.29) is 31.1 Å². The third-order valence-electron chi connectivity index (χ3n) is 2.42. The molecule has 0 bridgehead atoms. The molecule has 1 aliphatic heterocycles. The minimum atomic E-state index is -0.233. The number of halogens is 2. The van der Waals surface area contributed by atoms with Gasteiger partial charge in [0.05, 0.1) is 5.02 Å². The Balaban J connectivity index is 0.00000162. The quantitative estimate of drug-likeness (QED) is 0.887. The summed E-state index contributed by atoms with van der Waals surface area (Å²) in [5.41, 5.74) is 5.86. The maximum absolute atomic E-state index is 11.8. The van der Waals surface area contributed by atoms with Crippen molar-refractivity contribution in [3.8, 4) is 11.5 Å². The normalized spacial score (nSPS) is 13.7. The van der Waals surface area contributed by atoms with E-state index in [1.54, 1.807) is 12.1 Å². The Kier molecular flexibility index (Phi) is 5.07. The fraction of sp³-hybridized carbons (Fsp3) is 0.364. The molecule has 1 amide bonds. The van der Waals surface area contributed by atoms with E-state index in [1.807, 2.05) is 6.92 Å². The molecule has 0 unspecified atom stereocenters. The van der Waals surface area contributed by atoms with Crippen LogP contribution in [-0.4, -0.2) is 25.3 Å². The average molecular weight is 293 g/mol. The lowest BCUT2D eigenvalue weighted by Gasteiger charge is -2.11. The third kappa shape index (κ3) is 2.98. The number of amides is 1. The maximum atomic E-state index is 11.8. The second-order valence-electron chi connectivity index (χ2n) is 3.80. The van der Waals surface area contributed by atoms with Crippen LogP contribution in [0.3, 0.4) is 0 Å². The van der Waals surface area contributed by atoms with Gasteiger partial charge in [-0.25, -0.2) is 0 Å². The van der Waals surface area contributed by atoms with E-state index in [2.05, 4.69) is 5.32 Å². The molecule has 3 N–H and O–H groups in total. The van der Waals surface area contributed by atoms with Crippen LogP contribution in [0, 0.1) is 0 Å². The molecule has 5 nitrogen and oxygen atoms in total. The Morgan fingerprint density at radius 2 is 2.28 bits per heavy atom. The van der Waals surface area contributed by atoms with Crippen LogP contribution in [0.2, 0.25) is 5.02 Å². The highest BCUT2D eigenvalue weighted by atomic mass is 35.5. The first-order valence-corrected chi connectivity index (χ1v) is 5.59. The zero-order valence-electron chi connectivity index (χ0n) is 9.73. The van der Waals surface area contributed by atoms with Gasteiger partial charge in [-0.15, -0.1) is 12.4 Å². The van der Waals surface area contributed by atoms with Crippen molar-refractivity contribution in [2.45, 2.75) is 13.0 Å². The number of nitrogens with one attached hydrogen (secondary N) is 1. The fourth-order valence-electron chi connectivity index (χ4n) is 1.46. The van der Waals surface area contributed by atoms with Crippen LogP contribution in [0.5, 0.6) is 11.5 Å². The Labute approximate surface area is 116 Å². The number of hydrogen-bond acceptors (Lipinski definition) is 4. The standard InChI is InChI=1S/C11H13ClN2O3.ClH/c1-6(4-13)14-11(15)7-2-8(12)10-9(3-7)16-5-17-10;/h2-3,6H,4-5,13H2,1H3,(H,14,15);1H/t6-;/m0./s1. The van der Waals surface area contributed by atoms with Gasteiger partial charge in [0.2, 0.25) is 6.79 Å². The Morgan fingerprint density at radius 3 is 2.94 bits per heavy atom. The van der Waals surface area contributed by atoms with Crippen LogP contribution in [0.4, 0.5) is 0 Å². The van der Waals surface area contributed by atoms with Crippen LogP contribution in [0.25, 0.3) is 0 Å². The molecule has 18 heavy (non-hydrogen) atoms. The van der Waals surface area contributed by atoms with Gasteiger partial charge < -0.3 is 20.5 Å². The largest absolute Gasteiger partial charge is 0.454 e. The van der Waals surface area contributed by atoms with Gasteiger partial charge in [-0.3, -0.25) is 4.79 Å². The van der Waals surface area contributed by atoms with Crippen molar-refractivity contribution in [2.75, 3.05) is 13.3 Å². The number of rotatable bonds is 3. The van der Waals surface area contributed by atoms with Crippen molar-refractivity contribution in [1.29, 1.82) is 0 Å². The number of benzene rings is 1. The molecule has 0 saturated carbocycles. The second kappa shape index (κ2) is 6.13. The van der Waals surface area contributed by atoms with Gasteiger partial charge in [-0.05, 0) is 19.1 Å². The molecular weight excluding hydrogens is 279 g/mol. The van der Waals surface area contributed by atoms with Gasteiger partial charge in [0.1, 0.15) is 0 Å². The van der Waals surface area contributed by atoms with Gasteiger partial charge >= 0.3 is 0 Å². The molecule has 1 aromatic carbocycles. The van der Waals surface area contributed by atoms with E-state index in [9.17, 15) is 4.79 Å². The molecule has 0 aromatic heterocycles. The molecule has 0 aliphatic carbocycles. The van der Waals surface area contributed by atoms with Crippen LogP contribution in [0.15, 0.2) is 12.1 Å². The summed E-state index contributed by atoms with van der Waals surface area (Å²) >= 11 is 5.98. The summed E-state index contributed by atoms with van der Waals surface area (Å²) in [6.07, 6.45) is 0. The monoisotopic (exact) mass is 292 g/mol. The molecule has 0 radical (unpaired) electrons. The lowest BCUT2D eigenvalue weighted by atomic mass is 10.1. The molecule has 0 saturated heterocycles. The van der Waals surface area contributed by atoms with E-state index in [4.69, 9.17) is 26.8 Å². The van der Waals surface area contributed by atoms with Crippen molar-refractivity contribution in [3.63, 3.8) is 0 Å². The SMILES string of the molecule is C[C@@H](CN)NC(=O)c1cc(Cl)c2c(c1)OCO2.Cl. The average Bonchev–Trinajstić information content (AvgIpc) is 2.77. The minimum absolute atomic E-state index is 0. The summed E-state index contributed by atoms with van der Waals surface area (Å²) in [4.78, 5) is 11.8. The van der Waals surface area contributed by atoms with Crippen LogP contribution < -0.4 is 20.5 Å². The smallest absolute Gasteiger partial charge is 0.251 e. The third-order valence-corrected chi connectivity index (χ3v) is 2.70. The van der Waals surface area contributed by atoms with Gasteiger partial charge in [0, 0.05) is 18.2 Å². The summed E-state index contributed by atoms with van der Waals surface area (Å²) in [7, 11) is 0. The lowest BCUT2D eigenvalue weighted by Crippen LogP contribution is -2.37. The Bertz CT molecular complexity index is 454. The van der Waals surface area contributed by atoms with Gasteiger partial charge in [-0.2, -0.15) is 0 Å². The molecule has 2 rings (SSSR count). The summed E-state index contributed by atoms with van der Waals surface area (Å²) < 4.78 is 10.4. The summed E-state index contributed by atoms with van der Waals surface area (Å²) in [6.45, 7) is 2.33. The molecule has 100 valence electrons. The van der Waals surface area contributed by atoms with Crippen molar-refractivity contribution in [3.05, 3.63) is 22.7 Å². The molecule has 1 heterocycles. The number of nitrogens with two attached hydrogens (primary N) is 1. The zero-order chi connectivity index (χ0) is 12.4. The fourth-order valence-corrected chi connectivity index (χ4v) is 1.73. The first-order valence-electron chi connectivity index (χ1n) is 5.22. The van der Waals surface area contributed by atoms with Crippen LogP contribution in [-0.2, 0) is 0 Å². The summed E-state index contributed by atoms with van der Waals surface area (Å²) in [6, 6.07) is 3.06. The molecule has 1 aliphatic rings. The van der Waals surface area contributed by atoms with E-state index in [0.717, 1.165) is 0 Å². The zero-order valence-corrected chi connectivity index (χ0v) is 11.3. The van der Waals surface area contributed by atoms with Gasteiger partial charge in [0.15, 0.2) is 11.5 Å². The first kappa shape index (κ1) is 14.9. The summed E-state index contributed by atoms with van der Waals surface area (Å²) in [5.74, 6) is 0.737. The van der Waals surface area contributed by atoms with Crippen molar-refractivity contribution < 1.29 is 14.3 Å². The number of fused-ring (bicyclic) bond motifs is 1. The van der Waals surface area contributed by atoms with Crippen molar-refractivity contribution in [2.24, 2.45) is 5.73 Å².